The molecule has 2 amide bonds. The van der Waals surface area contributed by atoms with Crippen LogP contribution in [0, 0.1) is 0 Å². The molecule has 5 heteroatoms. The van der Waals surface area contributed by atoms with Gasteiger partial charge >= 0.3 is 0 Å². The van der Waals surface area contributed by atoms with E-state index in [1.807, 2.05) is 6.07 Å². The molecule has 0 spiro atoms. The summed E-state index contributed by atoms with van der Waals surface area (Å²) in [4.78, 5) is 26.3. The molecule has 118 valence electrons. The van der Waals surface area contributed by atoms with Gasteiger partial charge in [-0.2, -0.15) is 0 Å². The number of amides is 2. The number of hydrogen-bond acceptors (Lipinski definition) is 3. The van der Waals surface area contributed by atoms with Crippen LogP contribution < -0.4 is 10.6 Å². The molecule has 1 saturated heterocycles. The third-order valence-electron chi connectivity index (χ3n) is 4.14. The third kappa shape index (κ3) is 4.31. The highest BCUT2D eigenvalue weighted by Gasteiger charge is 2.23. The number of carbonyl (C=O) groups excluding carboxylic acids is 2. The summed E-state index contributed by atoms with van der Waals surface area (Å²) in [6, 6.07) is 7.48. The molecule has 0 bridgehead atoms. The first-order valence-corrected chi connectivity index (χ1v) is 8.14. The normalized spacial score (nSPS) is 18.7. The lowest BCUT2D eigenvalue weighted by molar-refractivity contribution is -0.117. The lowest BCUT2D eigenvalue weighted by Crippen LogP contribution is -2.36. The summed E-state index contributed by atoms with van der Waals surface area (Å²) in [6.07, 6.45) is 5.74. The van der Waals surface area contributed by atoms with Gasteiger partial charge in [0, 0.05) is 17.3 Å². The number of nitrogens with zero attached hydrogens (tertiary/aromatic N) is 1. The Morgan fingerprint density at radius 2 is 1.91 bits per heavy atom. The van der Waals surface area contributed by atoms with Gasteiger partial charge in [-0.15, -0.1) is 0 Å². The van der Waals surface area contributed by atoms with Gasteiger partial charge in [0.15, 0.2) is 0 Å². The zero-order valence-corrected chi connectivity index (χ0v) is 12.8. The molecule has 2 fully saturated rings. The van der Waals surface area contributed by atoms with Crippen molar-refractivity contribution in [3.05, 3.63) is 29.8 Å². The zero-order valence-electron chi connectivity index (χ0n) is 12.8. The van der Waals surface area contributed by atoms with Gasteiger partial charge in [-0.05, 0) is 57.0 Å². The largest absolute Gasteiger partial charge is 0.349 e. The number of nitrogens with one attached hydrogen (secondary N) is 2. The van der Waals surface area contributed by atoms with E-state index in [1.54, 1.807) is 18.2 Å². The molecule has 1 aliphatic carbocycles. The Labute approximate surface area is 131 Å². The number of rotatable bonds is 5. The van der Waals surface area contributed by atoms with Crippen molar-refractivity contribution in [1.29, 1.82) is 0 Å². The fourth-order valence-corrected chi connectivity index (χ4v) is 2.76. The van der Waals surface area contributed by atoms with E-state index in [9.17, 15) is 9.59 Å². The maximum Gasteiger partial charge on any atom is 0.251 e. The number of hydrogen-bond donors (Lipinski definition) is 2. The van der Waals surface area contributed by atoms with Crippen LogP contribution in [0.5, 0.6) is 0 Å². The van der Waals surface area contributed by atoms with Crippen molar-refractivity contribution >= 4 is 17.5 Å². The average Bonchev–Trinajstić information content (AvgIpc) is 3.32. The number of anilines is 1. The number of benzene rings is 1. The summed E-state index contributed by atoms with van der Waals surface area (Å²) in [6.45, 7) is 2.42. The molecule has 1 aliphatic heterocycles. The Morgan fingerprint density at radius 1 is 1.14 bits per heavy atom. The first kappa shape index (κ1) is 15.0. The van der Waals surface area contributed by atoms with Gasteiger partial charge in [0.2, 0.25) is 5.91 Å². The lowest BCUT2D eigenvalue weighted by Gasteiger charge is -2.25. The van der Waals surface area contributed by atoms with Crippen LogP contribution in [0.25, 0.3) is 0 Å². The van der Waals surface area contributed by atoms with Crippen LogP contribution >= 0.6 is 0 Å². The molecule has 2 aliphatic rings. The van der Waals surface area contributed by atoms with E-state index >= 15 is 0 Å². The SMILES string of the molecule is O=C(CN1CCCCC1)Nc1cccc(C(=O)NC2CC2)c1. The number of carbonyl (C=O) groups is 2. The van der Waals surface area contributed by atoms with Gasteiger partial charge in [0.05, 0.1) is 6.54 Å². The van der Waals surface area contributed by atoms with Crippen LogP contribution in [0.3, 0.4) is 0 Å². The molecule has 1 aromatic rings. The van der Waals surface area contributed by atoms with Gasteiger partial charge in [-0.25, -0.2) is 0 Å². The Morgan fingerprint density at radius 3 is 2.64 bits per heavy atom. The van der Waals surface area contributed by atoms with Crippen molar-refractivity contribution in [1.82, 2.24) is 10.2 Å². The van der Waals surface area contributed by atoms with Crippen molar-refractivity contribution in [3.63, 3.8) is 0 Å². The maximum atomic E-state index is 12.1. The van der Waals surface area contributed by atoms with Gasteiger partial charge in [-0.3, -0.25) is 14.5 Å². The molecule has 0 aromatic heterocycles. The average molecular weight is 301 g/mol. The molecular weight excluding hydrogens is 278 g/mol. The highest BCUT2D eigenvalue weighted by molar-refractivity contribution is 5.97. The zero-order chi connectivity index (χ0) is 15.4. The molecule has 5 nitrogen and oxygen atoms in total. The Balaban J connectivity index is 1.54. The Bertz CT molecular complexity index is 549. The highest BCUT2D eigenvalue weighted by Crippen LogP contribution is 2.20. The summed E-state index contributed by atoms with van der Waals surface area (Å²) in [5.41, 5.74) is 1.29. The summed E-state index contributed by atoms with van der Waals surface area (Å²) < 4.78 is 0. The number of piperidine rings is 1. The predicted octanol–water partition coefficient (Wildman–Crippen LogP) is 2.00. The summed E-state index contributed by atoms with van der Waals surface area (Å²) in [7, 11) is 0. The maximum absolute atomic E-state index is 12.1. The van der Waals surface area contributed by atoms with Crippen LogP contribution in [0.1, 0.15) is 42.5 Å². The van der Waals surface area contributed by atoms with E-state index in [2.05, 4.69) is 15.5 Å². The molecule has 0 radical (unpaired) electrons. The first-order chi connectivity index (χ1) is 10.7. The topological polar surface area (TPSA) is 61.4 Å². The van der Waals surface area contributed by atoms with Gasteiger partial charge in [0.25, 0.3) is 5.91 Å². The quantitative estimate of drug-likeness (QED) is 0.874. The minimum absolute atomic E-state index is 0.0124. The molecule has 1 aromatic carbocycles. The van der Waals surface area contributed by atoms with E-state index in [0.717, 1.165) is 25.9 Å². The fourth-order valence-electron chi connectivity index (χ4n) is 2.76. The van der Waals surface area contributed by atoms with Crippen molar-refractivity contribution < 1.29 is 9.59 Å². The van der Waals surface area contributed by atoms with Crippen molar-refractivity contribution in [2.24, 2.45) is 0 Å². The van der Waals surface area contributed by atoms with E-state index in [0.29, 0.717) is 23.8 Å². The summed E-state index contributed by atoms with van der Waals surface area (Å²) >= 11 is 0. The standard InChI is InChI=1S/C17H23N3O2/c21-16(12-20-9-2-1-3-10-20)18-15-6-4-5-13(11-15)17(22)19-14-7-8-14/h4-6,11,14H,1-3,7-10,12H2,(H,18,21)(H,19,22). The van der Waals surface area contributed by atoms with Gasteiger partial charge < -0.3 is 10.6 Å². The van der Waals surface area contributed by atoms with E-state index in [4.69, 9.17) is 0 Å². The van der Waals surface area contributed by atoms with Gasteiger partial charge in [-0.1, -0.05) is 12.5 Å². The molecule has 2 N–H and O–H groups in total. The highest BCUT2D eigenvalue weighted by atomic mass is 16.2. The second kappa shape index (κ2) is 6.92. The lowest BCUT2D eigenvalue weighted by atomic mass is 10.1. The minimum atomic E-state index is -0.0605. The minimum Gasteiger partial charge on any atom is -0.349 e. The van der Waals surface area contributed by atoms with Crippen LogP contribution in [0.2, 0.25) is 0 Å². The summed E-state index contributed by atoms with van der Waals surface area (Å²) in [5, 5.41) is 5.85. The smallest absolute Gasteiger partial charge is 0.251 e. The second-order valence-corrected chi connectivity index (χ2v) is 6.21. The van der Waals surface area contributed by atoms with Crippen LogP contribution in [-0.2, 0) is 4.79 Å². The number of likely N-dealkylation sites (tertiary alicyclic amines) is 1. The monoisotopic (exact) mass is 301 g/mol. The third-order valence-corrected chi connectivity index (χ3v) is 4.14. The van der Waals surface area contributed by atoms with Gasteiger partial charge in [0.1, 0.15) is 0 Å². The van der Waals surface area contributed by atoms with E-state index in [-0.39, 0.29) is 11.8 Å². The first-order valence-electron chi connectivity index (χ1n) is 8.14. The van der Waals surface area contributed by atoms with Crippen molar-refractivity contribution in [3.8, 4) is 0 Å². The second-order valence-electron chi connectivity index (χ2n) is 6.21. The van der Waals surface area contributed by atoms with Crippen LogP contribution in [-0.4, -0.2) is 42.4 Å². The van der Waals surface area contributed by atoms with E-state index in [1.165, 1.54) is 19.3 Å². The molecule has 0 unspecified atom stereocenters. The van der Waals surface area contributed by atoms with Crippen molar-refractivity contribution in [2.75, 3.05) is 25.0 Å². The van der Waals surface area contributed by atoms with Crippen LogP contribution in [0.4, 0.5) is 5.69 Å². The van der Waals surface area contributed by atoms with Crippen LogP contribution in [0.15, 0.2) is 24.3 Å². The molecular formula is C17H23N3O2. The Kier molecular flexibility index (Phi) is 4.73. The predicted molar refractivity (Wildman–Crippen MR) is 85.9 cm³/mol. The van der Waals surface area contributed by atoms with Crippen molar-refractivity contribution in [2.45, 2.75) is 38.1 Å². The Hall–Kier alpha value is -1.88. The summed E-state index contributed by atoms with van der Waals surface area (Å²) in [5.74, 6) is -0.0729. The fraction of sp³-hybridized carbons (Fsp3) is 0.529. The molecule has 1 saturated carbocycles. The molecule has 0 atom stereocenters. The molecule has 3 rings (SSSR count). The molecule has 1 heterocycles. The molecule has 22 heavy (non-hydrogen) atoms. The van der Waals surface area contributed by atoms with E-state index < -0.39 is 0 Å².